The van der Waals surface area contributed by atoms with Crippen molar-refractivity contribution in [3.8, 4) is 5.69 Å². The lowest BCUT2D eigenvalue weighted by molar-refractivity contribution is 0.539. The maximum absolute atomic E-state index is 13.8. The molecule has 1 N–H and O–H groups in total. The number of sulfonamides is 1. The molecule has 1 atom stereocenters. The molecule has 1 heterocycles. The van der Waals surface area contributed by atoms with Gasteiger partial charge in [0.15, 0.2) is 5.82 Å². The minimum atomic E-state index is -4.05. The van der Waals surface area contributed by atoms with Gasteiger partial charge in [-0.3, -0.25) is 0 Å². The molecule has 3 rings (SSSR count). The molecule has 0 aliphatic carbocycles. The summed E-state index contributed by atoms with van der Waals surface area (Å²) >= 11 is 0. The van der Waals surface area contributed by atoms with Crippen molar-refractivity contribution in [3.63, 3.8) is 0 Å². The lowest BCUT2D eigenvalue weighted by Crippen LogP contribution is -2.29. The highest BCUT2D eigenvalue weighted by atomic mass is 32.2. The molecule has 0 saturated carbocycles. The molecule has 0 fully saturated rings. The Morgan fingerprint density at radius 2 is 1.75 bits per heavy atom. The van der Waals surface area contributed by atoms with E-state index in [0.29, 0.717) is 11.5 Å². The van der Waals surface area contributed by atoms with Gasteiger partial charge in [0.1, 0.15) is 10.7 Å². The second-order valence-electron chi connectivity index (χ2n) is 5.06. The van der Waals surface area contributed by atoms with E-state index in [0.717, 1.165) is 6.07 Å². The first kappa shape index (κ1) is 16.2. The first-order valence-corrected chi connectivity index (χ1v) is 8.58. The molecular weight excluding hydrogens is 333 g/mol. The molecule has 24 heavy (non-hydrogen) atoms. The molecule has 124 valence electrons. The highest BCUT2D eigenvalue weighted by molar-refractivity contribution is 7.89. The molecule has 0 bridgehead atoms. The Morgan fingerprint density at radius 3 is 2.46 bits per heavy atom. The Kier molecular flexibility index (Phi) is 4.36. The number of hydrogen-bond acceptors (Lipinski definition) is 5. The van der Waals surface area contributed by atoms with Gasteiger partial charge in [-0.25, -0.2) is 17.5 Å². The standard InChI is InChI=1S/C15H14FN5O2S/c1-11(18-24(22,23)14-10-6-5-9-13(14)16)15-17-19-20-21(15)12-7-3-2-4-8-12/h2-11,18H,1H3/t11-/m0/s1. The Balaban J connectivity index is 1.90. The molecule has 3 aromatic rings. The van der Waals surface area contributed by atoms with Gasteiger partial charge >= 0.3 is 0 Å². The van der Waals surface area contributed by atoms with Crippen LogP contribution in [-0.4, -0.2) is 28.6 Å². The molecule has 1 aromatic heterocycles. The topological polar surface area (TPSA) is 89.8 Å². The molecule has 7 nitrogen and oxygen atoms in total. The highest BCUT2D eigenvalue weighted by Crippen LogP contribution is 2.19. The van der Waals surface area contributed by atoms with Gasteiger partial charge in [0.2, 0.25) is 10.0 Å². The van der Waals surface area contributed by atoms with Crippen molar-refractivity contribution in [1.29, 1.82) is 0 Å². The molecule has 0 amide bonds. The quantitative estimate of drug-likeness (QED) is 0.761. The van der Waals surface area contributed by atoms with Crippen LogP contribution in [0.5, 0.6) is 0 Å². The van der Waals surface area contributed by atoms with Crippen molar-refractivity contribution in [2.45, 2.75) is 17.9 Å². The number of benzene rings is 2. The van der Waals surface area contributed by atoms with E-state index in [1.54, 1.807) is 19.1 Å². The first-order chi connectivity index (χ1) is 11.5. The van der Waals surface area contributed by atoms with Crippen LogP contribution in [0.4, 0.5) is 4.39 Å². The second kappa shape index (κ2) is 6.46. The summed E-state index contributed by atoms with van der Waals surface area (Å²) in [5.41, 5.74) is 0.689. The first-order valence-electron chi connectivity index (χ1n) is 7.09. The van der Waals surface area contributed by atoms with Crippen molar-refractivity contribution in [1.82, 2.24) is 24.9 Å². The number of hydrogen-bond donors (Lipinski definition) is 1. The van der Waals surface area contributed by atoms with Crippen molar-refractivity contribution >= 4 is 10.0 Å². The van der Waals surface area contributed by atoms with E-state index in [4.69, 9.17) is 0 Å². The van der Waals surface area contributed by atoms with Crippen LogP contribution in [0.25, 0.3) is 5.69 Å². The molecular formula is C15H14FN5O2S. The van der Waals surface area contributed by atoms with Crippen molar-refractivity contribution in [2.24, 2.45) is 0 Å². The fourth-order valence-electron chi connectivity index (χ4n) is 2.23. The number of nitrogens with one attached hydrogen (secondary N) is 1. The zero-order valence-corrected chi connectivity index (χ0v) is 13.5. The molecule has 0 spiro atoms. The second-order valence-corrected chi connectivity index (χ2v) is 6.74. The monoisotopic (exact) mass is 347 g/mol. The predicted molar refractivity (Wildman–Crippen MR) is 84.3 cm³/mol. The van der Waals surface area contributed by atoms with Crippen LogP contribution in [0, 0.1) is 5.82 Å². The average Bonchev–Trinajstić information content (AvgIpc) is 3.05. The van der Waals surface area contributed by atoms with Gasteiger partial charge in [-0.1, -0.05) is 30.3 Å². The van der Waals surface area contributed by atoms with Crippen LogP contribution < -0.4 is 4.72 Å². The van der Waals surface area contributed by atoms with Crippen LogP contribution in [0.1, 0.15) is 18.8 Å². The van der Waals surface area contributed by atoms with E-state index in [-0.39, 0.29) is 0 Å². The maximum Gasteiger partial charge on any atom is 0.244 e. The van der Waals surface area contributed by atoms with E-state index < -0.39 is 26.8 Å². The lowest BCUT2D eigenvalue weighted by Gasteiger charge is -2.14. The Bertz CT molecular complexity index is 943. The molecule has 0 saturated heterocycles. The summed E-state index contributed by atoms with van der Waals surface area (Å²) in [4.78, 5) is -0.421. The van der Waals surface area contributed by atoms with Crippen LogP contribution in [0.15, 0.2) is 59.5 Å². The zero-order chi connectivity index (χ0) is 17.2. The van der Waals surface area contributed by atoms with Gasteiger partial charge < -0.3 is 0 Å². The molecule has 0 aliphatic heterocycles. The predicted octanol–water partition coefficient (Wildman–Crippen LogP) is 1.84. The van der Waals surface area contributed by atoms with E-state index >= 15 is 0 Å². The van der Waals surface area contributed by atoms with E-state index in [9.17, 15) is 12.8 Å². The SMILES string of the molecule is C[C@H](NS(=O)(=O)c1ccccc1F)c1nnnn1-c1ccccc1. The fourth-order valence-corrected chi connectivity index (χ4v) is 3.51. The number of halogens is 1. The van der Waals surface area contributed by atoms with Crippen molar-refractivity contribution in [2.75, 3.05) is 0 Å². The lowest BCUT2D eigenvalue weighted by atomic mass is 10.3. The van der Waals surface area contributed by atoms with Gasteiger partial charge in [-0.15, -0.1) is 5.10 Å². The van der Waals surface area contributed by atoms with Gasteiger partial charge in [0.25, 0.3) is 0 Å². The minimum absolute atomic E-state index is 0.293. The number of para-hydroxylation sites is 1. The number of rotatable bonds is 5. The molecule has 0 unspecified atom stereocenters. The summed E-state index contributed by atoms with van der Waals surface area (Å²) in [6.45, 7) is 1.59. The van der Waals surface area contributed by atoms with Crippen molar-refractivity contribution in [3.05, 3.63) is 66.2 Å². The fraction of sp³-hybridized carbons (Fsp3) is 0.133. The smallest absolute Gasteiger partial charge is 0.207 e. The van der Waals surface area contributed by atoms with Crippen LogP contribution in [0.3, 0.4) is 0 Å². The average molecular weight is 347 g/mol. The third-order valence-electron chi connectivity index (χ3n) is 3.34. The van der Waals surface area contributed by atoms with E-state index in [2.05, 4.69) is 20.2 Å². The molecule has 9 heteroatoms. The normalized spacial score (nSPS) is 12.9. The maximum atomic E-state index is 13.8. The molecule has 0 radical (unpaired) electrons. The summed E-state index contributed by atoms with van der Waals surface area (Å²) in [6.07, 6.45) is 0. The van der Waals surface area contributed by atoms with E-state index in [1.807, 2.05) is 18.2 Å². The number of aromatic nitrogens is 4. The van der Waals surface area contributed by atoms with E-state index in [1.165, 1.54) is 22.9 Å². The summed E-state index contributed by atoms with van der Waals surface area (Å²) < 4.78 is 42.3. The van der Waals surface area contributed by atoms with Gasteiger partial charge in [0, 0.05) is 0 Å². The summed E-state index contributed by atoms with van der Waals surface area (Å²) in [6, 6.07) is 13.5. The van der Waals surface area contributed by atoms with Crippen molar-refractivity contribution < 1.29 is 12.8 Å². The summed E-state index contributed by atoms with van der Waals surface area (Å²) in [5, 5.41) is 11.3. The third-order valence-corrected chi connectivity index (χ3v) is 4.91. The highest BCUT2D eigenvalue weighted by Gasteiger charge is 2.25. The van der Waals surface area contributed by atoms with Gasteiger partial charge in [-0.2, -0.15) is 4.68 Å². The third kappa shape index (κ3) is 3.17. The summed E-state index contributed by atoms with van der Waals surface area (Å²) in [7, 11) is -4.05. The minimum Gasteiger partial charge on any atom is -0.207 e. The molecule has 2 aromatic carbocycles. The Labute approximate surface area is 138 Å². The molecule has 0 aliphatic rings. The number of tetrazole rings is 1. The Morgan fingerprint density at radius 1 is 1.08 bits per heavy atom. The Hall–Kier alpha value is -2.65. The van der Waals surface area contributed by atoms with Crippen LogP contribution >= 0.6 is 0 Å². The largest absolute Gasteiger partial charge is 0.244 e. The van der Waals surface area contributed by atoms with Crippen LogP contribution in [-0.2, 0) is 10.0 Å². The summed E-state index contributed by atoms with van der Waals surface area (Å²) in [5.74, 6) is -0.527. The zero-order valence-electron chi connectivity index (χ0n) is 12.7. The van der Waals surface area contributed by atoms with Crippen LogP contribution in [0.2, 0.25) is 0 Å². The number of nitrogens with zero attached hydrogens (tertiary/aromatic N) is 4. The van der Waals surface area contributed by atoms with Gasteiger partial charge in [0.05, 0.1) is 11.7 Å². The van der Waals surface area contributed by atoms with Gasteiger partial charge in [-0.05, 0) is 41.6 Å².